The fourth-order valence-electron chi connectivity index (χ4n) is 4.05. The van der Waals surface area contributed by atoms with E-state index in [2.05, 4.69) is 9.97 Å². The van der Waals surface area contributed by atoms with Crippen molar-refractivity contribution < 1.29 is 23.8 Å². The molecule has 1 saturated heterocycles. The summed E-state index contributed by atoms with van der Waals surface area (Å²) < 4.78 is 20.2. The van der Waals surface area contributed by atoms with Gasteiger partial charge in [0.1, 0.15) is 23.4 Å². The monoisotopic (exact) mass is 489 g/mol. The number of Topliss-reactive ketones (excluding diaryl/α,β-unsaturated/α-hetero) is 1. The summed E-state index contributed by atoms with van der Waals surface area (Å²) in [6.07, 6.45) is 1.55. The lowest BCUT2D eigenvalue weighted by Gasteiger charge is -2.22. The van der Waals surface area contributed by atoms with Gasteiger partial charge in [-0.05, 0) is 67.9 Å². The third-order valence-corrected chi connectivity index (χ3v) is 6.73. The zero-order chi connectivity index (χ0) is 24.7. The van der Waals surface area contributed by atoms with Gasteiger partial charge in [-0.25, -0.2) is 9.37 Å². The Balaban J connectivity index is 1.69. The number of ketones is 1. The number of aliphatic hydroxyl groups is 1. The lowest BCUT2D eigenvalue weighted by molar-refractivity contribution is -0.132. The third-order valence-electron chi connectivity index (χ3n) is 5.71. The quantitative estimate of drug-likeness (QED) is 0.236. The van der Waals surface area contributed by atoms with E-state index in [1.807, 2.05) is 13.0 Å². The molecule has 0 spiro atoms. The van der Waals surface area contributed by atoms with Gasteiger partial charge in [-0.15, -0.1) is 0 Å². The highest BCUT2D eigenvalue weighted by Gasteiger charge is 2.48. The Morgan fingerprint density at radius 2 is 2.00 bits per heavy atom. The van der Waals surface area contributed by atoms with E-state index in [0.29, 0.717) is 34.3 Å². The van der Waals surface area contributed by atoms with Crippen LogP contribution in [0.1, 0.15) is 29.8 Å². The second-order valence-electron chi connectivity index (χ2n) is 7.95. The number of aliphatic hydroxyl groups excluding tert-OH is 1. The zero-order valence-corrected chi connectivity index (χ0v) is 19.7. The molecule has 0 bridgehead atoms. The predicted molar refractivity (Wildman–Crippen MR) is 131 cm³/mol. The standard InChI is InChI=1S/C26H20FN3O4S/c1-3-34-16-8-10-18-20(13-16)35-26(29-18)30-22(19-6-4-5-11-28-19)21(24(32)25(30)33)23(31)15-7-9-17(27)14(2)12-15/h4-13,22,31H,3H2,1-2H3/b23-21+. The molecule has 9 heteroatoms. The SMILES string of the molecule is CCOc1ccc2nc(N3C(=O)C(=O)/C(=C(/O)c4ccc(F)c(C)c4)C3c3ccccn3)sc2c1. The molecular weight excluding hydrogens is 469 g/mol. The van der Waals surface area contributed by atoms with Gasteiger partial charge >= 0.3 is 5.91 Å². The Morgan fingerprint density at radius 1 is 1.17 bits per heavy atom. The minimum absolute atomic E-state index is 0.131. The summed E-state index contributed by atoms with van der Waals surface area (Å²) in [6.45, 7) is 3.95. The molecule has 1 N–H and O–H groups in total. The molecule has 35 heavy (non-hydrogen) atoms. The van der Waals surface area contributed by atoms with E-state index in [1.54, 1.807) is 43.5 Å². The first-order chi connectivity index (χ1) is 16.9. The van der Waals surface area contributed by atoms with Gasteiger partial charge in [0.15, 0.2) is 5.13 Å². The highest BCUT2D eigenvalue weighted by molar-refractivity contribution is 7.22. The molecule has 4 aromatic rings. The van der Waals surface area contributed by atoms with Crippen LogP contribution in [0.2, 0.25) is 0 Å². The molecule has 3 heterocycles. The van der Waals surface area contributed by atoms with E-state index in [1.165, 1.54) is 34.4 Å². The Bertz CT molecular complexity index is 1500. The largest absolute Gasteiger partial charge is 0.507 e. The number of carbonyl (C=O) groups is 2. The van der Waals surface area contributed by atoms with Crippen LogP contribution in [0.25, 0.3) is 16.0 Å². The number of benzene rings is 2. The van der Waals surface area contributed by atoms with Gasteiger partial charge in [0.25, 0.3) is 5.78 Å². The van der Waals surface area contributed by atoms with Gasteiger partial charge in [-0.3, -0.25) is 19.5 Å². The van der Waals surface area contributed by atoms with Gasteiger partial charge in [0.2, 0.25) is 0 Å². The molecule has 2 aromatic heterocycles. The second kappa shape index (κ2) is 8.92. The van der Waals surface area contributed by atoms with Crippen molar-refractivity contribution in [2.24, 2.45) is 0 Å². The Morgan fingerprint density at radius 3 is 2.71 bits per heavy atom. The third kappa shape index (κ3) is 3.93. The highest BCUT2D eigenvalue weighted by Crippen LogP contribution is 2.44. The van der Waals surface area contributed by atoms with E-state index in [9.17, 15) is 19.1 Å². The molecule has 176 valence electrons. The highest BCUT2D eigenvalue weighted by atomic mass is 32.1. The number of fused-ring (bicyclic) bond motifs is 1. The number of rotatable bonds is 5. The molecule has 1 amide bonds. The maximum absolute atomic E-state index is 13.8. The summed E-state index contributed by atoms with van der Waals surface area (Å²) in [5.74, 6) is -1.86. The average molecular weight is 490 g/mol. The number of anilines is 1. The molecule has 0 saturated carbocycles. The summed E-state index contributed by atoms with van der Waals surface area (Å²) in [4.78, 5) is 36.7. The summed E-state index contributed by atoms with van der Waals surface area (Å²) >= 11 is 1.23. The topological polar surface area (TPSA) is 92.6 Å². The fraction of sp³-hybridized carbons (Fsp3) is 0.154. The number of pyridine rings is 1. The van der Waals surface area contributed by atoms with Crippen LogP contribution in [0, 0.1) is 12.7 Å². The minimum Gasteiger partial charge on any atom is -0.507 e. The number of hydrogen-bond donors (Lipinski definition) is 1. The molecule has 1 aliphatic heterocycles. The molecule has 1 atom stereocenters. The number of amides is 1. The number of aryl methyl sites for hydroxylation is 1. The summed E-state index contributed by atoms with van der Waals surface area (Å²) in [7, 11) is 0. The Hall–Kier alpha value is -4.11. The van der Waals surface area contributed by atoms with Crippen LogP contribution in [0.3, 0.4) is 0 Å². The van der Waals surface area contributed by atoms with Crippen molar-refractivity contribution in [2.75, 3.05) is 11.5 Å². The maximum Gasteiger partial charge on any atom is 0.301 e. The second-order valence-corrected chi connectivity index (χ2v) is 8.96. The smallest absolute Gasteiger partial charge is 0.301 e. The van der Waals surface area contributed by atoms with Crippen molar-refractivity contribution in [3.8, 4) is 5.75 Å². The normalized spacial score (nSPS) is 17.3. The van der Waals surface area contributed by atoms with Crippen LogP contribution in [0.5, 0.6) is 5.75 Å². The number of hydrogen-bond acceptors (Lipinski definition) is 7. The maximum atomic E-state index is 13.8. The first-order valence-electron chi connectivity index (χ1n) is 10.9. The summed E-state index contributed by atoms with van der Waals surface area (Å²) in [6, 6.07) is 13.5. The van der Waals surface area contributed by atoms with E-state index < -0.39 is 29.3 Å². The van der Waals surface area contributed by atoms with Crippen LogP contribution < -0.4 is 9.64 Å². The molecule has 1 fully saturated rings. The van der Waals surface area contributed by atoms with Crippen molar-refractivity contribution in [2.45, 2.75) is 19.9 Å². The van der Waals surface area contributed by atoms with Crippen LogP contribution in [-0.2, 0) is 9.59 Å². The first-order valence-corrected chi connectivity index (χ1v) is 11.7. The van der Waals surface area contributed by atoms with Gasteiger partial charge in [-0.2, -0.15) is 0 Å². The number of nitrogens with zero attached hydrogens (tertiary/aromatic N) is 3. The molecule has 1 unspecified atom stereocenters. The van der Waals surface area contributed by atoms with E-state index in [4.69, 9.17) is 4.74 Å². The van der Waals surface area contributed by atoms with Gasteiger partial charge < -0.3 is 9.84 Å². The Kier molecular flexibility index (Phi) is 5.78. The molecule has 1 aliphatic rings. The van der Waals surface area contributed by atoms with Crippen molar-refractivity contribution in [1.82, 2.24) is 9.97 Å². The number of halogens is 1. The number of ether oxygens (including phenoxy) is 1. The fourth-order valence-corrected chi connectivity index (χ4v) is 5.07. The number of carbonyl (C=O) groups excluding carboxylic acids is 2. The minimum atomic E-state index is -1.01. The van der Waals surface area contributed by atoms with Crippen LogP contribution in [-0.4, -0.2) is 33.4 Å². The number of aromatic nitrogens is 2. The number of thiazole rings is 1. The van der Waals surface area contributed by atoms with E-state index in [0.717, 1.165) is 4.70 Å². The van der Waals surface area contributed by atoms with Gasteiger partial charge in [0, 0.05) is 11.8 Å². The van der Waals surface area contributed by atoms with Crippen LogP contribution in [0.15, 0.2) is 66.4 Å². The van der Waals surface area contributed by atoms with Crippen molar-refractivity contribution >= 4 is 44.1 Å². The van der Waals surface area contributed by atoms with Crippen molar-refractivity contribution in [3.05, 3.63) is 89.0 Å². The molecule has 7 nitrogen and oxygen atoms in total. The molecule has 0 radical (unpaired) electrons. The molecular formula is C26H20FN3O4S. The molecule has 2 aromatic carbocycles. The first kappa shape index (κ1) is 22.7. The van der Waals surface area contributed by atoms with Gasteiger partial charge in [0.05, 0.1) is 28.1 Å². The Labute approximate surface area is 204 Å². The molecule has 0 aliphatic carbocycles. The van der Waals surface area contributed by atoms with E-state index >= 15 is 0 Å². The molecule has 5 rings (SSSR count). The lowest BCUT2D eigenvalue weighted by Crippen LogP contribution is -2.29. The van der Waals surface area contributed by atoms with E-state index in [-0.39, 0.29) is 11.1 Å². The average Bonchev–Trinajstić information content (AvgIpc) is 3.39. The predicted octanol–water partition coefficient (Wildman–Crippen LogP) is 5.16. The summed E-state index contributed by atoms with van der Waals surface area (Å²) in [5, 5.41) is 11.4. The van der Waals surface area contributed by atoms with Crippen molar-refractivity contribution in [1.29, 1.82) is 0 Å². The van der Waals surface area contributed by atoms with Crippen LogP contribution in [0.4, 0.5) is 9.52 Å². The lowest BCUT2D eigenvalue weighted by atomic mass is 9.97. The van der Waals surface area contributed by atoms with Crippen LogP contribution >= 0.6 is 11.3 Å². The van der Waals surface area contributed by atoms with Gasteiger partial charge in [-0.1, -0.05) is 17.4 Å². The van der Waals surface area contributed by atoms with Crippen molar-refractivity contribution in [3.63, 3.8) is 0 Å². The zero-order valence-electron chi connectivity index (χ0n) is 18.9. The summed E-state index contributed by atoms with van der Waals surface area (Å²) in [5.41, 5.74) is 1.43.